The SMILES string of the molecule is COc1cccc2cc(C(=O)C3=C(O)C(=O)N(CCCN(C)C)C3c3ccccc3F)oc12. The fourth-order valence-corrected chi connectivity index (χ4v) is 4.14. The van der Waals surface area contributed by atoms with Gasteiger partial charge in [-0.1, -0.05) is 30.3 Å². The molecule has 0 fully saturated rings. The number of benzene rings is 2. The van der Waals surface area contributed by atoms with Gasteiger partial charge in [-0.05, 0) is 45.3 Å². The molecule has 8 heteroatoms. The van der Waals surface area contributed by atoms with Crippen LogP contribution in [0.25, 0.3) is 11.0 Å². The van der Waals surface area contributed by atoms with E-state index in [1.165, 1.54) is 36.3 Å². The number of nitrogens with zero attached hydrogens (tertiary/aromatic N) is 2. The maximum atomic E-state index is 14.8. The van der Waals surface area contributed by atoms with Crippen LogP contribution in [-0.2, 0) is 4.79 Å². The van der Waals surface area contributed by atoms with E-state index in [4.69, 9.17) is 9.15 Å². The average Bonchev–Trinajstić information content (AvgIpc) is 3.34. The molecule has 0 spiro atoms. The van der Waals surface area contributed by atoms with E-state index in [0.717, 1.165) is 0 Å². The van der Waals surface area contributed by atoms with E-state index < -0.39 is 29.3 Å². The van der Waals surface area contributed by atoms with Crippen molar-refractivity contribution in [3.05, 3.63) is 77.0 Å². The van der Waals surface area contributed by atoms with Gasteiger partial charge in [0.05, 0.1) is 18.7 Å². The van der Waals surface area contributed by atoms with Crippen LogP contribution >= 0.6 is 0 Å². The molecule has 1 unspecified atom stereocenters. The van der Waals surface area contributed by atoms with Gasteiger partial charge in [0.25, 0.3) is 5.91 Å². The largest absolute Gasteiger partial charge is 0.503 e. The van der Waals surface area contributed by atoms with Crippen LogP contribution in [-0.4, -0.2) is 60.9 Å². The number of rotatable bonds is 8. The second-order valence-corrected chi connectivity index (χ2v) is 8.16. The lowest BCUT2D eigenvalue weighted by Crippen LogP contribution is -2.34. The third-order valence-corrected chi connectivity index (χ3v) is 5.70. The number of furan rings is 1. The predicted molar refractivity (Wildman–Crippen MR) is 121 cm³/mol. The van der Waals surface area contributed by atoms with E-state index in [9.17, 15) is 19.1 Å². The second-order valence-electron chi connectivity index (χ2n) is 8.16. The average molecular weight is 452 g/mol. The molecule has 7 nitrogen and oxygen atoms in total. The van der Waals surface area contributed by atoms with E-state index in [2.05, 4.69) is 0 Å². The molecule has 0 bridgehead atoms. The minimum absolute atomic E-state index is 0.0691. The molecule has 4 rings (SSSR count). The number of ketones is 1. The third-order valence-electron chi connectivity index (χ3n) is 5.70. The molecule has 0 radical (unpaired) electrons. The number of aliphatic hydroxyl groups is 1. The number of amides is 1. The van der Waals surface area contributed by atoms with Crippen LogP contribution in [0.15, 0.2) is 64.3 Å². The van der Waals surface area contributed by atoms with E-state index in [-0.39, 0.29) is 23.4 Å². The Morgan fingerprint density at radius 2 is 1.97 bits per heavy atom. The first-order chi connectivity index (χ1) is 15.8. The highest BCUT2D eigenvalue weighted by Gasteiger charge is 2.45. The Morgan fingerprint density at radius 1 is 1.21 bits per heavy atom. The lowest BCUT2D eigenvalue weighted by atomic mass is 9.94. The Balaban J connectivity index is 1.78. The van der Waals surface area contributed by atoms with Gasteiger partial charge in [0.15, 0.2) is 22.9 Å². The van der Waals surface area contributed by atoms with Gasteiger partial charge in [0, 0.05) is 17.5 Å². The first-order valence-electron chi connectivity index (χ1n) is 10.6. The number of carbonyl (C=O) groups is 2. The summed E-state index contributed by atoms with van der Waals surface area (Å²) in [4.78, 5) is 29.8. The molecule has 1 atom stereocenters. The molecule has 2 aromatic carbocycles. The van der Waals surface area contributed by atoms with Gasteiger partial charge in [-0.2, -0.15) is 0 Å². The number of Topliss-reactive ketones (excluding diaryl/α,β-unsaturated/α-hetero) is 1. The molecule has 0 saturated carbocycles. The number of ether oxygens (including phenoxy) is 1. The molecule has 1 aromatic heterocycles. The van der Waals surface area contributed by atoms with Crippen molar-refractivity contribution in [2.45, 2.75) is 12.5 Å². The zero-order valence-corrected chi connectivity index (χ0v) is 18.7. The summed E-state index contributed by atoms with van der Waals surface area (Å²) in [6.45, 7) is 0.923. The molecule has 2 heterocycles. The van der Waals surface area contributed by atoms with E-state index >= 15 is 0 Å². The quantitative estimate of drug-likeness (QED) is 0.518. The topological polar surface area (TPSA) is 83.2 Å². The Bertz CT molecular complexity index is 1250. The zero-order valence-electron chi connectivity index (χ0n) is 18.7. The molecule has 0 aliphatic carbocycles. The smallest absolute Gasteiger partial charge is 0.290 e. The molecule has 1 N–H and O–H groups in total. The van der Waals surface area contributed by atoms with Crippen molar-refractivity contribution in [1.82, 2.24) is 9.80 Å². The van der Waals surface area contributed by atoms with Crippen molar-refractivity contribution in [3.63, 3.8) is 0 Å². The van der Waals surface area contributed by atoms with Crippen molar-refractivity contribution >= 4 is 22.7 Å². The number of hydrogen-bond acceptors (Lipinski definition) is 6. The standard InChI is InChI=1S/C25H25FN2O5/c1-27(2)12-7-13-28-21(16-9-4-5-10-17(16)26)20(23(30)25(28)31)22(29)19-14-15-8-6-11-18(32-3)24(15)33-19/h4-6,8-11,14,21,30H,7,12-13H2,1-3H3. The van der Waals surface area contributed by atoms with Crippen LogP contribution in [0.3, 0.4) is 0 Å². The lowest BCUT2D eigenvalue weighted by molar-refractivity contribution is -0.129. The zero-order chi connectivity index (χ0) is 23.7. The van der Waals surface area contributed by atoms with Crippen molar-refractivity contribution in [2.75, 3.05) is 34.3 Å². The van der Waals surface area contributed by atoms with Gasteiger partial charge >= 0.3 is 0 Å². The maximum Gasteiger partial charge on any atom is 0.290 e. The van der Waals surface area contributed by atoms with Gasteiger partial charge < -0.3 is 24.1 Å². The second kappa shape index (κ2) is 9.07. The molecule has 0 saturated heterocycles. The first kappa shape index (κ1) is 22.5. The highest BCUT2D eigenvalue weighted by molar-refractivity contribution is 6.16. The third kappa shape index (κ3) is 4.09. The lowest BCUT2D eigenvalue weighted by Gasteiger charge is -2.27. The summed E-state index contributed by atoms with van der Waals surface area (Å²) in [6.07, 6.45) is 0.584. The van der Waals surface area contributed by atoms with Crippen molar-refractivity contribution in [2.24, 2.45) is 0 Å². The molecule has 1 aliphatic heterocycles. The molecule has 1 amide bonds. The minimum atomic E-state index is -1.07. The summed E-state index contributed by atoms with van der Waals surface area (Å²) in [5, 5.41) is 11.4. The Kier molecular flexibility index (Phi) is 6.20. The normalized spacial score (nSPS) is 16.3. The predicted octanol–water partition coefficient (Wildman–Crippen LogP) is 4.11. The molecular weight excluding hydrogens is 427 g/mol. The number of carbonyl (C=O) groups excluding carboxylic acids is 2. The van der Waals surface area contributed by atoms with Crippen molar-refractivity contribution in [1.29, 1.82) is 0 Å². The van der Waals surface area contributed by atoms with Gasteiger partial charge in [0.2, 0.25) is 5.78 Å². The van der Waals surface area contributed by atoms with Crippen LogP contribution < -0.4 is 4.74 Å². The monoisotopic (exact) mass is 452 g/mol. The molecule has 172 valence electrons. The number of halogens is 1. The van der Waals surface area contributed by atoms with E-state index in [1.54, 1.807) is 24.3 Å². The van der Waals surface area contributed by atoms with Gasteiger partial charge in [-0.25, -0.2) is 4.39 Å². The van der Waals surface area contributed by atoms with Gasteiger partial charge in [0.1, 0.15) is 5.82 Å². The number of hydrogen-bond donors (Lipinski definition) is 1. The van der Waals surface area contributed by atoms with Crippen LogP contribution in [0.1, 0.15) is 28.6 Å². The van der Waals surface area contributed by atoms with Crippen LogP contribution in [0.2, 0.25) is 0 Å². The minimum Gasteiger partial charge on any atom is -0.503 e. The number of fused-ring (bicyclic) bond motifs is 1. The molecule has 1 aliphatic rings. The van der Waals surface area contributed by atoms with E-state index in [1.807, 2.05) is 19.0 Å². The van der Waals surface area contributed by atoms with Crippen molar-refractivity contribution in [3.8, 4) is 5.75 Å². The summed E-state index contributed by atoms with van der Waals surface area (Å²) in [5.74, 6) is -2.27. The first-order valence-corrected chi connectivity index (χ1v) is 10.6. The van der Waals surface area contributed by atoms with Crippen LogP contribution in [0.5, 0.6) is 5.75 Å². The summed E-state index contributed by atoms with van der Waals surface area (Å²) in [6, 6.07) is 11.6. The molecular formula is C25H25FN2O5. The number of aliphatic hydroxyl groups excluding tert-OH is 1. The fourth-order valence-electron chi connectivity index (χ4n) is 4.14. The Labute approximate surface area is 190 Å². The number of methoxy groups -OCH3 is 1. The van der Waals surface area contributed by atoms with Crippen LogP contribution in [0, 0.1) is 5.82 Å². The van der Waals surface area contributed by atoms with Gasteiger partial charge in [-0.15, -0.1) is 0 Å². The fraction of sp³-hybridized carbons (Fsp3) is 0.280. The summed E-state index contributed by atoms with van der Waals surface area (Å²) in [7, 11) is 5.30. The highest BCUT2D eigenvalue weighted by atomic mass is 19.1. The molecule has 3 aromatic rings. The summed E-state index contributed by atoms with van der Waals surface area (Å²) >= 11 is 0. The van der Waals surface area contributed by atoms with Crippen LogP contribution in [0.4, 0.5) is 4.39 Å². The number of para-hydroxylation sites is 1. The summed E-state index contributed by atoms with van der Waals surface area (Å²) < 4.78 is 25.9. The molecule has 33 heavy (non-hydrogen) atoms. The Hall–Kier alpha value is -3.65. The van der Waals surface area contributed by atoms with E-state index in [0.29, 0.717) is 29.7 Å². The highest BCUT2D eigenvalue weighted by Crippen LogP contribution is 2.41. The maximum absolute atomic E-state index is 14.8. The van der Waals surface area contributed by atoms with Crippen molar-refractivity contribution < 1.29 is 28.2 Å². The Morgan fingerprint density at radius 3 is 2.67 bits per heavy atom. The van der Waals surface area contributed by atoms with Gasteiger partial charge in [-0.3, -0.25) is 9.59 Å². The summed E-state index contributed by atoms with van der Waals surface area (Å²) in [5.41, 5.74) is 0.308.